The number of aliphatic hydroxyl groups is 1. The van der Waals surface area contributed by atoms with Crippen LogP contribution in [0.15, 0.2) is 0 Å². The highest BCUT2D eigenvalue weighted by Gasteiger charge is 2.43. The quantitative estimate of drug-likeness (QED) is 0.353. The van der Waals surface area contributed by atoms with Gasteiger partial charge in [-0.05, 0) is 17.3 Å². The van der Waals surface area contributed by atoms with Gasteiger partial charge < -0.3 is 30.5 Å². The lowest BCUT2D eigenvalue weighted by molar-refractivity contribution is -0.143. The molecule has 0 spiro atoms. The Morgan fingerprint density at radius 2 is 1.86 bits per heavy atom. The largest absolute Gasteiger partial charge is 0.391 e. The third-order valence-electron chi connectivity index (χ3n) is 4.17. The normalized spacial score (nSPS) is 19.4. The molecule has 0 saturated carbocycles. The third-order valence-corrected chi connectivity index (χ3v) is 4.17. The zero-order valence-electron chi connectivity index (χ0n) is 17.3. The Morgan fingerprint density at radius 1 is 1.24 bits per heavy atom. The van der Waals surface area contributed by atoms with E-state index >= 15 is 0 Å². The van der Waals surface area contributed by atoms with Gasteiger partial charge in [0.1, 0.15) is 31.9 Å². The molecule has 160 valence electrons. The van der Waals surface area contributed by atoms with Gasteiger partial charge in [0.2, 0.25) is 17.7 Å². The standard InChI is InChI=1S/C20H29N3O6/c1-20(2,3)17(19(27)23-12-14(24)11-15(23)18(21)26)22-16(25)13-29-10-8-6-5-7-9-28-4/h14-15,17,24H,9-13H2,1-4H3,(H2,21,26)(H,22,25)/t14?,15-,17+/m0/s1. The highest BCUT2D eigenvalue weighted by molar-refractivity contribution is 5.92. The summed E-state index contributed by atoms with van der Waals surface area (Å²) in [5.74, 6) is 8.76. The number of nitrogens with one attached hydrogen (secondary N) is 1. The summed E-state index contributed by atoms with van der Waals surface area (Å²) in [6.07, 6.45) is -0.748. The fourth-order valence-corrected chi connectivity index (χ4v) is 2.77. The molecule has 0 bridgehead atoms. The first kappa shape index (κ1) is 24.4. The summed E-state index contributed by atoms with van der Waals surface area (Å²) in [5, 5.41) is 12.5. The maximum absolute atomic E-state index is 13.0. The molecule has 1 aliphatic rings. The summed E-state index contributed by atoms with van der Waals surface area (Å²) in [5.41, 5.74) is 4.71. The second-order valence-corrected chi connectivity index (χ2v) is 7.69. The van der Waals surface area contributed by atoms with E-state index in [-0.39, 0.29) is 32.8 Å². The number of carbonyl (C=O) groups is 3. The van der Waals surface area contributed by atoms with Crippen LogP contribution < -0.4 is 11.1 Å². The molecule has 0 aromatic heterocycles. The molecule has 9 heteroatoms. The van der Waals surface area contributed by atoms with Gasteiger partial charge in [-0.2, -0.15) is 0 Å². The van der Waals surface area contributed by atoms with Gasteiger partial charge in [-0.15, -0.1) is 0 Å². The lowest BCUT2D eigenvalue weighted by Crippen LogP contribution is -2.57. The first-order chi connectivity index (χ1) is 13.6. The SMILES string of the molecule is COCC#CC#CCOCC(=O)N[C@H](C(=O)N1CC(O)C[C@H]1C(N)=O)C(C)(C)C. The molecule has 0 aromatic rings. The molecular weight excluding hydrogens is 378 g/mol. The van der Waals surface area contributed by atoms with Crippen molar-refractivity contribution < 1.29 is 29.0 Å². The molecule has 1 unspecified atom stereocenters. The highest BCUT2D eigenvalue weighted by atomic mass is 16.5. The number of aliphatic hydroxyl groups excluding tert-OH is 1. The highest BCUT2D eigenvalue weighted by Crippen LogP contribution is 2.25. The topological polar surface area (TPSA) is 131 Å². The number of primary amides is 1. The molecule has 1 saturated heterocycles. The number of amides is 3. The van der Waals surface area contributed by atoms with E-state index in [1.807, 2.05) is 0 Å². The Labute approximate surface area is 171 Å². The third kappa shape index (κ3) is 8.12. The molecule has 1 rings (SSSR count). The Hall–Kier alpha value is -2.59. The Bertz CT molecular complexity index is 722. The first-order valence-electron chi connectivity index (χ1n) is 9.17. The molecule has 0 radical (unpaired) electrons. The van der Waals surface area contributed by atoms with Crippen LogP contribution in [0.5, 0.6) is 0 Å². The average Bonchev–Trinajstić information content (AvgIpc) is 3.02. The number of carbonyl (C=O) groups excluding carboxylic acids is 3. The van der Waals surface area contributed by atoms with E-state index in [2.05, 4.69) is 29.0 Å². The van der Waals surface area contributed by atoms with Crippen LogP contribution in [0, 0.1) is 29.1 Å². The van der Waals surface area contributed by atoms with Crippen molar-refractivity contribution in [2.75, 3.05) is 33.5 Å². The minimum atomic E-state index is -0.920. The van der Waals surface area contributed by atoms with E-state index in [1.165, 1.54) is 12.0 Å². The van der Waals surface area contributed by atoms with E-state index in [4.69, 9.17) is 15.2 Å². The van der Waals surface area contributed by atoms with Gasteiger partial charge >= 0.3 is 0 Å². The molecule has 1 aliphatic heterocycles. The summed E-state index contributed by atoms with van der Waals surface area (Å²) in [6.45, 7) is 5.34. The van der Waals surface area contributed by atoms with Gasteiger partial charge in [-0.1, -0.05) is 32.6 Å². The van der Waals surface area contributed by atoms with Crippen molar-refractivity contribution in [2.24, 2.45) is 11.1 Å². The monoisotopic (exact) mass is 407 g/mol. The molecule has 4 N–H and O–H groups in total. The fourth-order valence-electron chi connectivity index (χ4n) is 2.77. The molecular formula is C20H29N3O6. The van der Waals surface area contributed by atoms with Crippen LogP contribution in [0.4, 0.5) is 0 Å². The van der Waals surface area contributed by atoms with E-state index in [0.717, 1.165) is 0 Å². The average molecular weight is 407 g/mol. The van der Waals surface area contributed by atoms with Crippen molar-refractivity contribution >= 4 is 17.7 Å². The van der Waals surface area contributed by atoms with Crippen molar-refractivity contribution in [2.45, 2.75) is 45.4 Å². The van der Waals surface area contributed by atoms with Gasteiger partial charge in [0.15, 0.2) is 0 Å². The second kappa shape index (κ2) is 11.4. The second-order valence-electron chi connectivity index (χ2n) is 7.69. The van der Waals surface area contributed by atoms with Gasteiger partial charge in [-0.25, -0.2) is 0 Å². The molecule has 1 fully saturated rings. The smallest absolute Gasteiger partial charge is 0.246 e. The number of nitrogens with zero attached hydrogens (tertiary/aromatic N) is 1. The maximum atomic E-state index is 13.0. The van der Waals surface area contributed by atoms with Gasteiger partial charge in [0.25, 0.3) is 0 Å². The van der Waals surface area contributed by atoms with E-state index in [9.17, 15) is 19.5 Å². The summed E-state index contributed by atoms with van der Waals surface area (Å²) in [6, 6.07) is -1.82. The summed E-state index contributed by atoms with van der Waals surface area (Å²) < 4.78 is 9.92. The number of rotatable bonds is 7. The summed E-state index contributed by atoms with van der Waals surface area (Å²) in [7, 11) is 1.53. The minimum Gasteiger partial charge on any atom is -0.391 e. The van der Waals surface area contributed by atoms with Crippen molar-refractivity contribution in [3.63, 3.8) is 0 Å². The fraction of sp³-hybridized carbons (Fsp3) is 0.650. The van der Waals surface area contributed by atoms with Crippen molar-refractivity contribution in [3.8, 4) is 23.7 Å². The number of nitrogens with two attached hydrogens (primary N) is 1. The predicted molar refractivity (Wildman–Crippen MR) is 105 cm³/mol. The molecule has 3 atom stereocenters. The van der Waals surface area contributed by atoms with Crippen LogP contribution >= 0.6 is 0 Å². The maximum Gasteiger partial charge on any atom is 0.246 e. The van der Waals surface area contributed by atoms with Crippen LogP contribution in [0.2, 0.25) is 0 Å². The molecule has 0 aromatic carbocycles. The molecule has 0 aliphatic carbocycles. The van der Waals surface area contributed by atoms with Gasteiger partial charge in [0.05, 0.1) is 6.10 Å². The minimum absolute atomic E-state index is 0.00524. The van der Waals surface area contributed by atoms with Gasteiger partial charge in [0, 0.05) is 20.1 Å². The number of β-amino-alcohol motifs (C(OH)–C–C–N with tert-alkyl or cyclic N) is 1. The van der Waals surface area contributed by atoms with Crippen LogP contribution in [-0.2, 0) is 23.9 Å². The lowest BCUT2D eigenvalue weighted by atomic mass is 9.85. The van der Waals surface area contributed by atoms with E-state index < -0.39 is 41.3 Å². The first-order valence-corrected chi connectivity index (χ1v) is 9.17. The van der Waals surface area contributed by atoms with Crippen molar-refractivity contribution in [1.29, 1.82) is 0 Å². The number of methoxy groups -OCH3 is 1. The predicted octanol–water partition coefficient (Wildman–Crippen LogP) is -1.37. The van der Waals surface area contributed by atoms with Crippen LogP contribution in [-0.4, -0.2) is 79.4 Å². The van der Waals surface area contributed by atoms with Crippen LogP contribution in [0.25, 0.3) is 0 Å². The molecule has 29 heavy (non-hydrogen) atoms. The van der Waals surface area contributed by atoms with Crippen LogP contribution in [0.1, 0.15) is 27.2 Å². The number of ether oxygens (including phenoxy) is 2. The number of hydrogen-bond acceptors (Lipinski definition) is 6. The van der Waals surface area contributed by atoms with Crippen molar-refractivity contribution in [3.05, 3.63) is 0 Å². The molecule has 1 heterocycles. The summed E-state index contributed by atoms with van der Waals surface area (Å²) >= 11 is 0. The Balaban J connectivity index is 2.68. The Morgan fingerprint density at radius 3 is 2.41 bits per heavy atom. The lowest BCUT2D eigenvalue weighted by Gasteiger charge is -2.35. The molecule has 9 nitrogen and oxygen atoms in total. The number of likely N-dealkylation sites (tertiary alicyclic amines) is 1. The van der Waals surface area contributed by atoms with Crippen molar-refractivity contribution in [1.82, 2.24) is 10.2 Å². The number of hydrogen-bond donors (Lipinski definition) is 3. The van der Waals surface area contributed by atoms with E-state index in [0.29, 0.717) is 0 Å². The zero-order chi connectivity index (χ0) is 22.0. The zero-order valence-corrected chi connectivity index (χ0v) is 17.3. The van der Waals surface area contributed by atoms with Crippen LogP contribution in [0.3, 0.4) is 0 Å². The molecule has 3 amide bonds. The van der Waals surface area contributed by atoms with Gasteiger partial charge in [-0.3, -0.25) is 14.4 Å². The summed E-state index contributed by atoms with van der Waals surface area (Å²) in [4.78, 5) is 38.1. The Kier molecular flexibility index (Phi) is 9.63. The van der Waals surface area contributed by atoms with E-state index in [1.54, 1.807) is 20.8 Å².